The van der Waals surface area contributed by atoms with Crippen LogP contribution in [0.25, 0.3) is 0 Å². The lowest BCUT2D eigenvalue weighted by Crippen LogP contribution is -2.31. The van der Waals surface area contributed by atoms with E-state index in [4.69, 9.17) is 0 Å². The Balaban J connectivity index is 1.80. The number of aromatic nitrogens is 2. The van der Waals surface area contributed by atoms with Gasteiger partial charge in [-0.2, -0.15) is 0 Å². The topological polar surface area (TPSA) is 40.7 Å². The number of imidazole rings is 1. The Morgan fingerprint density at radius 1 is 1.57 bits per heavy atom. The maximum absolute atomic E-state index is 4.01. The smallest absolute Gasteiger partial charge is 0.0922 e. The highest BCUT2D eigenvalue weighted by Crippen LogP contribution is 2.28. The average molecular weight is 193 g/mol. The van der Waals surface area contributed by atoms with E-state index in [0.29, 0.717) is 0 Å². The number of hydrogen-bond acceptors (Lipinski definition) is 2. The van der Waals surface area contributed by atoms with Gasteiger partial charge in [0.25, 0.3) is 0 Å². The molecule has 0 amide bonds. The lowest BCUT2D eigenvalue weighted by Gasteiger charge is -2.18. The predicted octanol–water partition coefficient (Wildman–Crippen LogP) is 2.08. The molecule has 3 heteroatoms. The molecule has 2 unspecified atom stereocenters. The molecule has 1 fully saturated rings. The summed E-state index contributed by atoms with van der Waals surface area (Å²) in [4.78, 5) is 7.13. The zero-order valence-electron chi connectivity index (χ0n) is 8.79. The first-order valence-corrected chi connectivity index (χ1v) is 5.60. The van der Waals surface area contributed by atoms with Gasteiger partial charge in [-0.25, -0.2) is 4.98 Å². The number of H-pyrrole nitrogens is 1. The second kappa shape index (κ2) is 4.60. The summed E-state index contributed by atoms with van der Waals surface area (Å²) in [5, 5.41) is 3.61. The van der Waals surface area contributed by atoms with E-state index in [0.717, 1.165) is 18.5 Å². The van der Waals surface area contributed by atoms with E-state index in [2.05, 4.69) is 22.2 Å². The van der Waals surface area contributed by atoms with Gasteiger partial charge in [-0.15, -0.1) is 0 Å². The van der Waals surface area contributed by atoms with Gasteiger partial charge < -0.3 is 10.3 Å². The van der Waals surface area contributed by atoms with Crippen molar-refractivity contribution in [2.24, 2.45) is 5.92 Å². The largest absolute Gasteiger partial charge is 0.347 e. The van der Waals surface area contributed by atoms with Gasteiger partial charge in [0.1, 0.15) is 0 Å². The zero-order chi connectivity index (χ0) is 9.80. The van der Waals surface area contributed by atoms with Crippen LogP contribution in [0.1, 0.15) is 38.3 Å². The molecule has 1 aromatic rings. The van der Waals surface area contributed by atoms with Gasteiger partial charge in [-0.3, -0.25) is 0 Å². The Labute approximate surface area is 85.3 Å². The van der Waals surface area contributed by atoms with Crippen molar-refractivity contribution in [1.29, 1.82) is 0 Å². The molecule has 2 N–H and O–H groups in total. The summed E-state index contributed by atoms with van der Waals surface area (Å²) in [5.41, 5.74) is 1.19. The first-order chi connectivity index (χ1) is 6.90. The van der Waals surface area contributed by atoms with Crippen molar-refractivity contribution >= 4 is 0 Å². The van der Waals surface area contributed by atoms with Crippen molar-refractivity contribution < 1.29 is 0 Å². The first-order valence-electron chi connectivity index (χ1n) is 5.60. The lowest BCUT2D eigenvalue weighted by molar-refractivity contribution is 0.388. The fourth-order valence-electron chi connectivity index (χ4n) is 2.42. The van der Waals surface area contributed by atoms with E-state index in [1.807, 2.05) is 6.20 Å². The fourth-order valence-corrected chi connectivity index (χ4v) is 2.42. The number of aromatic amines is 1. The zero-order valence-corrected chi connectivity index (χ0v) is 8.79. The van der Waals surface area contributed by atoms with E-state index in [1.165, 1.54) is 31.4 Å². The van der Waals surface area contributed by atoms with E-state index < -0.39 is 0 Å². The van der Waals surface area contributed by atoms with Crippen molar-refractivity contribution in [2.45, 2.75) is 45.2 Å². The van der Waals surface area contributed by atoms with Crippen LogP contribution in [0.5, 0.6) is 0 Å². The molecule has 14 heavy (non-hydrogen) atoms. The molecule has 2 atom stereocenters. The van der Waals surface area contributed by atoms with Gasteiger partial charge in [0.2, 0.25) is 0 Å². The monoisotopic (exact) mass is 193 g/mol. The van der Waals surface area contributed by atoms with Crippen molar-refractivity contribution in [3.8, 4) is 0 Å². The second-order valence-electron chi connectivity index (χ2n) is 4.16. The minimum atomic E-state index is 0.725. The van der Waals surface area contributed by atoms with Crippen LogP contribution in [0, 0.1) is 5.92 Å². The molecular formula is C11H19N3. The molecule has 1 aliphatic rings. The maximum atomic E-state index is 4.01. The molecular weight excluding hydrogens is 174 g/mol. The third-order valence-electron chi connectivity index (χ3n) is 3.29. The van der Waals surface area contributed by atoms with Crippen molar-refractivity contribution in [3.05, 3.63) is 18.2 Å². The molecule has 3 nitrogen and oxygen atoms in total. The molecule has 0 bridgehead atoms. The van der Waals surface area contributed by atoms with Gasteiger partial charge in [-0.05, 0) is 18.8 Å². The molecule has 1 aromatic heterocycles. The van der Waals surface area contributed by atoms with Crippen LogP contribution in [0.15, 0.2) is 12.5 Å². The van der Waals surface area contributed by atoms with Crippen molar-refractivity contribution in [3.63, 3.8) is 0 Å². The van der Waals surface area contributed by atoms with Gasteiger partial charge in [0.15, 0.2) is 0 Å². The highest BCUT2D eigenvalue weighted by molar-refractivity contribution is 4.95. The molecule has 0 radical (unpaired) electrons. The Hall–Kier alpha value is -0.830. The molecule has 0 aromatic carbocycles. The third-order valence-corrected chi connectivity index (χ3v) is 3.29. The molecule has 1 heterocycles. The molecule has 1 aliphatic carbocycles. The number of rotatable bonds is 4. The summed E-state index contributed by atoms with van der Waals surface area (Å²) >= 11 is 0. The number of nitrogens with one attached hydrogen (secondary N) is 2. The first kappa shape index (κ1) is 9.71. The van der Waals surface area contributed by atoms with Gasteiger partial charge in [0, 0.05) is 24.5 Å². The average Bonchev–Trinajstić information content (AvgIpc) is 2.85. The number of nitrogens with zero attached hydrogens (tertiary/aromatic N) is 1. The van der Waals surface area contributed by atoms with Crippen LogP contribution in [-0.4, -0.2) is 16.0 Å². The highest BCUT2D eigenvalue weighted by atomic mass is 15.0. The molecule has 78 valence electrons. The molecule has 2 rings (SSSR count). The van der Waals surface area contributed by atoms with Crippen LogP contribution in [-0.2, 0) is 6.54 Å². The molecule has 0 saturated heterocycles. The maximum Gasteiger partial charge on any atom is 0.0922 e. The standard InChI is InChI=1S/C11H19N3/c1-2-9-4-3-5-11(9)13-7-10-6-12-8-14-10/h6,8-9,11,13H,2-5,7H2,1H3,(H,12,14). The van der Waals surface area contributed by atoms with Crippen LogP contribution in [0.4, 0.5) is 0 Å². The molecule has 0 aliphatic heterocycles. The van der Waals surface area contributed by atoms with E-state index >= 15 is 0 Å². The fraction of sp³-hybridized carbons (Fsp3) is 0.727. The van der Waals surface area contributed by atoms with Gasteiger partial charge >= 0.3 is 0 Å². The summed E-state index contributed by atoms with van der Waals surface area (Å²) in [6, 6.07) is 0.725. The highest BCUT2D eigenvalue weighted by Gasteiger charge is 2.24. The van der Waals surface area contributed by atoms with Gasteiger partial charge in [0.05, 0.1) is 6.33 Å². The Morgan fingerprint density at radius 3 is 3.21 bits per heavy atom. The molecule has 1 saturated carbocycles. The normalized spacial score (nSPS) is 26.9. The Morgan fingerprint density at radius 2 is 2.50 bits per heavy atom. The van der Waals surface area contributed by atoms with Crippen LogP contribution >= 0.6 is 0 Å². The summed E-state index contributed by atoms with van der Waals surface area (Å²) in [6.07, 6.45) is 9.06. The van der Waals surface area contributed by atoms with Gasteiger partial charge in [-0.1, -0.05) is 19.8 Å². The van der Waals surface area contributed by atoms with Crippen LogP contribution in [0.3, 0.4) is 0 Å². The lowest BCUT2D eigenvalue weighted by atomic mass is 10.0. The summed E-state index contributed by atoms with van der Waals surface area (Å²) in [6.45, 7) is 3.22. The van der Waals surface area contributed by atoms with E-state index in [9.17, 15) is 0 Å². The van der Waals surface area contributed by atoms with E-state index in [1.54, 1.807) is 6.33 Å². The Bertz CT molecular complexity index is 256. The van der Waals surface area contributed by atoms with Crippen molar-refractivity contribution in [1.82, 2.24) is 15.3 Å². The van der Waals surface area contributed by atoms with E-state index in [-0.39, 0.29) is 0 Å². The summed E-state index contributed by atoms with van der Waals surface area (Å²) in [5.74, 6) is 0.887. The summed E-state index contributed by atoms with van der Waals surface area (Å²) in [7, 11) is 0. The minimum Gasteiger partial charge on any atom is -0.347 e. The third kappa shape index (κ3) is 2.15. The van der Waals surface area contributed by atoms with Crippen molar-refractivity contribution in [2.75, 3.05) is 0 Å². The number of hydrogen-bond donors (Lipinski definition) is 2. The quantitative estimate of drug-likeness (QED) is 0.768. The summed E-state index contributed by atoms with van der Waals surface area (Å²) < 4.78 is 0. The minimum absolute atomic E-state index is 0.725. The second-order valence-corrected chi connectivity index (χ2v) is 4.16. The Kier molecular flexibility index (Phi) is 3.19. The van der Waals surface area contributed by atoms with Crippen LogP contribution < -0.4 is 5.32 Å². The SMILES string of the molecule is CCC1CCCC1NCc1cnc[nH]1. The molecule has 0 spiro atoms. The predicted molar refractivity (Wildman–Crippen MR) is 56.8 cm³/mol. The van der Waals surface area contributed by atoms with Crippen LogP contribution in [0.2, 0.25) is 0 Å².